The molecule has 3 aliphatic heterocycles. The Kier molecular flexibility index (Phi) is 7.65. The van der Waals surface area contributed by atoms with Gasteiger partial charge in [-0.3, -0.25) is 0 Å². The minimum absolute atomic E-state index is 0.0395. The van der Waals surface area contributed by atoms with Crippen molar-refractivity contribution >= 4 is 11.3 Å². The first kappa shape index (κ1) is 29.4. The van der Waals surface area contributed by atoms with Gasteiger partial charge in [0.15, 0.2) is 23.4 Å². The summed E-state index contributed by atoms with van der Waals surface area (Å²) in [5.41, 5.74) is 1.68. The molecule has 0 saturated carbocycles. The van der Waals surface area contributed by atoms with Crippen molar-refractivity contribution in [2.75, 3.05) is 20.8 Å². The molecule has 7 N–H and O–H groups in total. The molecule has 1 saturated heterocycles. The number of phenolic OH excluding ortho intramolecular Hbond substituents is 3. The zero-order valence-corrected chi connectivity index (χ0v) is 23.4. The quantitative estimate of drug-likeness (QED) is 0.205. The van der Waals surface area contributed by atoms with Crippen LogP contribution >= 0.6 is 0 Å². The van der Waals surface area contributed by atoms with E-state index in [1.54, 1.807) is 18.2 Å². The van der Waals surface area contributed by atoms with Gasteiger partial charge in [-0.15, -0.1) is 0 Å². The first-order valence-corrected chi connectivity index (χ1v) is 13.5. The highest BCUT2D eigenvalue weighted by Crippen LogP contribution is 2.53. The van der Waals surface area contributed by atoms with E-state index >= 15 is 0 Å². The van der Waals surface area contributed by atoms with Gasteiger partial charge in [-0.2, -0.15) is 0 Å². The van der Waals surface area contributed by atoms with Crippen LogP contribution in [0.15, 0.2) is 60.4 Å². The molecule has 3 aromatic rings. The van der Waals surface area contributed by atoms with Crippen molar-refractivity contribution in [3.8, 4) is 40.2 Å². The van der Waals surface area contributed by atoms with Crippen LogP contribution in [0.5, 0.6) is 40.2 Å². The van der Waals surface area contributed by atoms with Crippen molar-refractivity contribution in [2.45, 2.75) is 36.8 Å². The van der Waals surface area contributed by atoms with Crippen molar-refractivity contribution in [3.63, 3.8) is 0 Å². The Morgan fingerprint density at radius 1 is 0.795 bits per heavy atom. The van der Waals surface area contributed by atoms with Crippen LogP contribution in [0, 0.1) is 0 Å². The van der Waals surface area contributed by atoms with Crippen LogP contribution in [0.4, 0.5) is 0 Å². The van der Waals surface area contributed by atoms with Gasteiger partial charge < -0.3 is 64.2 Å². The first-order valence-electron chi connectivity index (χ1n) is 13.5. The van der Waals surface area contributed by atoms with Crippen LogP contribution < -0.4 is 18.9 Å². The van der Waals surface area contributed by atoms with Gasteiger partial charge in [0.25, 0.3) is 0 Å². The molecule has 13 heteroatoms. The van der Waals surface area contributed by atoms with Gasteiger partial charge in [-0.1, -0.05) is 0 Å². The molecule has 0 bridgehead atoms. The van der Waals surface area contributed by atoms with Gasteiger partial charge >= 0.3 is 0 Å². The molecular weight excluding hydrogens is 580 g/mol. The maximum absolute atomic E-state index is 10.8. The molecule has 6 rings (SSSR count). The van der Waals surface area contributed by atoms with Gasteiger partial charge in [0.2, 0.25) is 12.0 Å². The van der Waals surface area contributed by atoms with Crippen LogP contribution in [0.3, 0.4) is 0 Å². The molecular formula is C31H30O13. The SMILES string of the molecule is COc1cc(C2Oc3cc(O)cc4c3C(=C2OC2OC(CO)C(O)C(O)C2O)C=C(c2ccc(O)cc2)O4)cc(OC)c1O. The van der Waals surface area contributed by atoms with Crippen LogP contribution in [0.1, 0.15) is 22.8 Å². The zero-order chi connectivity index (χ0) is 31.3. The summed E-state index contributed by atoms with van der Waals surface area (Å²) >= 11 is 0. The predicted octanol–water partition coefficient (Wildman–Crippen LogP) is 1.92. The molecule has 6 atom stereocenters. The maximum atomic E-state index is 10.8. The molecule has 3 aromatic carbocycles. The minimum atomic E-state index is -1.74. The number of ether oxygens (including phenoxy) is 6. The molecule has 0 aromatic heterocycles. The standard InChI is InChI=1S/C31H30O13/c1-39-21-7-14(8-22(40-2)25(21)35)29-30(44-31-28(38)27(37)26(36)23(12-32)43-31)17-11-18(13-3-5-15(33)6-4-13)41-19-9-16(34)10-20(42-29)24(17)19/h3-11,23,26-29,31-38H,12H2,1-2H3. The summed E-state index contributed by atoms with van der Waals surface area (Å²) in [6.45, 7) is -0.673. The molecule has 13 nitrogen and oxygen atoms in total. The predicted molar refractivity (Wildman–Crippen MR) is 151 cm³/mol. The number of phenols is 3. The monoisotopic (exact) mass is 610 g/mol. The van der Waals surface area contributed by atoms with Crippen LogP contribution in [-0.2, 0) is 9.47 Å². The van der Waals surface area contributed by atoms with Gasteiger partial charge in [0, 0.05) is 28.8 Å². The van der Waals surface area contributed by atoms with Crippen molar-refractivity contribution in [1.82, 2.24) is 0 Å². The summed E-state index contributed by atoms with van der Waals surface area (Å²) in [4.78, 5) is 0. The third-order valence-corrected chi connectivity index (χ3v) is 7.61. The summed E-state index contributed by atoms with van der Waals surface area (Å²) in [5.74, 6) is 0.469. The lowest BCUT2D eigenvalue weighted by Gasteiger charge is -2.42. The van der Waals surface area contributed by atoms with E-state index in [1.807, 2.05) is 0 Å². The molecule has 44 heavy (non-hydrogen) atoms. The molecule has 6 unspecified atom stereocenters. The Morgan fingerprint density at radius 2 is 1.45 bits per heavy atom. The number of benzene rings is 3. The second kappa shape index (κ2) is 11.4. The molecule has 232 valence electrons. The highest BCUT2D eigenvalue weighted by atomic mass is 16.7. The molecule has 0 spiro atoms. The number of aromatic hydroxyl groups is 3. The average Bonchev–Trinajstić information content (AvgIpc) is 3.02. The smallest absolute Gasteiger partial charge is 0.228 e. The normalized spacial score (nSPS) is 25.7. The summed E-state index contributed by atoms with van der Waals surface area (Å²) < 4.78 is 35.1. The van der Waals surface area contributed by atoms with Crippen LogP contribution in [0.25, 0.3) is 11.3 Å². The number of rotatable bonds is 7. The van der Waals surface area contributed by atoms with E-state index in [0.717, 1.165) is 0 Å². The Bertz CT molecular complexity index is 1600. The van der Waals surface area contributed by atoms with E-state index in [-0.39, 0.29) is 46.0 Å². The van der Waals surface area contributed by atoms with Gasteiger partial charge in [0.1, 0.15) is 53.2 Å². The second-order valence-corrected chi connectivity index (χ2v) is 10.3. The van der Waals surface area contributed by atoms with E-state index in [1.165, 1.54) is 50.6 Å². The third kappa shape index (κ3) is 5.00. The highest BCUT2D eigenvalue weighted by molar-refractivity contribution is 5.93. The maximum Gasteiger partial charge on any atom is 0.228 e. The zero-order valence-electron chi connectivity index (χ0n) is 23.4. The van der Waals surface area contributed by atoms with Crippen molar-refractivity contribution < 1.29 is 64.2 Å². The summed E-state index contributed by atoms with van der Waals surface area (Å²) in [7, 11) is 2.71. The Balaban J connectivity index is 1.58. The number of hydrogen-bond donors (Lipinski definition) is 7. The number of hydrogen-bond acceptors (Lipinski definition) is 13. The lowest BCUT2D eigenvalue weighted by molar-refractivity contribution is -0.293. The molecule has 3 heterocycles. The number of allylic oxidation sites excluding steroid dienone is 2. The lowest BCUT2D eigenvalue weighted by atomic mass is 9.91. The molecule has 0 radical (unpaired) electrons. The fourth-order valence-corrected chi connectivity index (χ4v) is 5.35. The Morgan fingerprint density at radius 3 is 2.09 bits per heavy atom. The molecule has 3 aliphatic rings. The van der Waals surface area contributed by atoms with E-state index in [4.69, 9.17) is 28.4 Å². The number of aliphatic hydroxyl groups excluding tert-OH is 4. The van der Waals surface area contributed by atoms with Gasteiger partial charge in [0.05, 0.1) is 26.4 Å². The van der Waals surface area contributed by atoms with E-state index in [0.29, 0.717) is 28.0 Å². The van der Waals surface area contributed by atoms with E-state index in [9.17, 15) is 35.7 Å². The minimum Gasteiger partial charge on any atom is -0.508 e. The largest absolute Gasteiger partial charge is 0.508 e. The lowest BCUT2D eigenvalue weighted by Crippen LogP contribution is -2.59. The third-order valence-electron chi connectivity index (χ3n) is 7.61. The Labute approximate surface area is 250 Å². The van der Waals surface area contributed by atoms with Crippen LogP contribution in [0.2, 0.25) is 0 Å². The number of methoxy groups -OCH3 is 2. The van der Waals surface area contributed by atoms with Crippen molar-refractivity contribution in [2.24, 2.45) is 0 Å². The van der Waals surface area contributed by atoms with Crippen molar-refractivity contribution in [3.05, 3.63) is 77.1 Å². The van der Waals surface area contributed by atoms with E-state index in [2.05, 4.69) is 0 Å². The average molecular weight is 611 g/mol. The molecule has 0 aliphatic carbocycles. The topological polar surface area (TPSA) is 197 Å². The summed E-state index contributed by atoms with van der Waals surface area (Å²) in [5, 5.41) is 72.3. The molecule has 0 amide bonds. The summed E-state index contributed by atoms with van der Waals surface area (Å²) in [6, 6.07) is 11.9. The second-order valence-electron chi connectivity index (χ2n) is 10.3. The number of aliphatic hydroxyl groups is 4. The van der Waals surface area contributed by atoms with E-state index < -0.39 is 43.4 Å². The van der Waals surface area contributed by atoms with Gasteiger partial charge in [-0.05, 0) is 42.5 Å². The van der Waals surface area contributed by atoms with Crippen LogP contribution in [-0.4, -0.2) is 87.3 Å². The highest BCUT2D eigenvalue weighted by Gasteiger charge is 2.47. The fraction of sp³-hybridized carbons (Fsp3) is 0.290. The Hall–Kier alpha value is -4.66. The molecule has 1 fully saturated rings. The van der Waals surface area contributed by atoms with Crippen molar-refractivity contribution in [1.29, 1.82) is 0 Å². The first-order chi connectivity index (χ1) is 21.1. The fourth-order valence-electron chi connectivity index (χ4n) is 5.35. The van der Waals surface area contributed by atoms with Gasteiger partial charge in [-0.25, -0.2) is 0 Å². The summed E-state index contributed by atoms with van der Waals surface area (Å²) in [6.07, 6.45) is -7.43.